The maximum atomic E-state index is 12.3. The van der Waals surface area contributed by atoms with Gasteiger partial charge in [-0.2, -0.15) is 0 Å². The van der Waals surface area contributed by atoms with Gasteiger partial charge in [0.25, 0.3) is 5.91 Å². The Morgan fingerprint density at radius 1 is 1.55 bits per heavy atom. The fraction of sp³-hybridized carbons (Fsp3) is 0.571. The zero-order valence-electron chi connectivity index (χ0n) is 12.5. The Labute approximate surface area is 137 Å². The minimum Gasteiger partial charge on any atom is -0.349 e. The van der Waals surface area contributed by atoms with Gasteiger partial charge in [-0.3, -0.25) is 4.79 Å². The van der Waals surface area contributed by atoms with Gasteiger partial charge in [0, 0.05) is 30.7 Å². The maximum absolute atomic E-state index is 12.3. The number of amides is 1. The summed E-state index contributed by atoms with van der Waals surface area (Å²) in [6.45, 7) is 3.73. The van der Waals surface area contributed by atoms with Gasteiger partial charge in [-0.25, -0.2) is 4.98 Å². The van der Waals surface area contributed by atoms with E-state index in [0.717, 1.165) is 43.1 Å². The van der Waals surface area contributed by atoms with Gasteiger partial charge in [0.05, 0.1) is 5.69 Å². The minimum atomic E-state index is -0.0514. The van der Waals surface area contributed by atoms with Crippen molar-refractivity contribution in [2.45, 2.75) is 38.6 Å². The smallest absolute Gasteiger partial charge is 0.265 e. The van der Waals surface area contributed by atoms with Crippen LogP contribution in [0.3, 0.4) is 0 Å². The lowest BCUT2D eigenvalue weighted by Crippen LogP contribution is -2.40. The first kappa shape index (κ1) is 15.4. The summed E-state index contributed by atoms with van der Waals surface area (Å²) in [5.41, 5.74) is 0.813. The van der Waals surface area contributed by atoms with E-state index in [2.05, 4.69) is 31.7 Å². The largest absolute Gasteiger partial charge is 0.349 e. The number of thiazole rings is 1. The molecule has 0 aromatic carbocycles. The number of carbonyl (C=O) groups is 1. The molecule has 1 aliphatic rings. The third-order valence-corrected chi connectivity index (χ3v) is 5.36. The zero-order chi connectivity index (χ0) is 15.4. The summed E-state index contributed by atoms with van der Waals surface area (Å²) in [5.74, 6) is -0.0514. The molecule has 2 aromatic rings. The van der Waals surface area contributed by atoms with E-state index in [1.165, 1.54) is 11.5 Å². The molecule has 8 heteroatoms. The summed E-state index contributed by atoms with van der Waals surface area (Å²) in [6.07, 6.45) is 5.82. The van der Waals surface area contributed by atoms with Crippen molar-refractivity contribution in [2.24, 2.45) is 0 Å². The van der Waals surface area contributed by atoms with Gasteiger partial charge in [-0.1, -0.05) is 17.8 Å². The predicted molar refractivity (Wildman–Crippen MR) is 88.7 cm³/mol. The molecule has 0 saturated carbocycles. The highest BCUT2D eigenvalue weighted by molar-refractivity contribution is 7.13. The number of anilines is 1. The van der Waals surface area contributed by atoms with Crippen LogP contribution in [0.15, 0.2) is 11.6 Å². The Morgan fingerprint density at radius 3 is 3.23 bits per heavy atom. The summed E-state index contributed by atoms with van der Waals surface area (Å²) in [5, 5.41) is 10.1. The van der Waals surface area contributed by atoms with E-state index in [-0.39, 0.29) is 5.91 Å². The maximum Gasteiger partial charge on any atom is 0.265 e. The highest BCUT2D eigenvalue weighted by Gasteiger charge is 2.27. The van der Waals surface area contributed by atoms with Gasteiger partial charge in [-0.05, 0) is 30.8 Å². The molecule has 1 aliphatic heterocycles. The highest BCUT2D eigenvalue weighted by Crippen LogP contribution is 2.26. The van der Waals surface area contributed by atoms with Crippen LogP contribution in [0.25, 0.3) is 0 Å². The van der Waals surface area contributed by atoms with E-state index < -0.39 is 0 Å². The third kappa shape index (κ3) is 3.27. The average molecular weight is 337 g/mol. The Kier molecular flexibility index (Phi) is 4.99. The lowest BCUT2D eigenvalue weighted by atomic mass is 10.2. The van der Waals surface area contributed by atoms with Crippen molar-refractivity contribution < 1.29 is 4.79 Å². The second kappa shape index (κ2) is 7.15. The van der Waals surface area contributed by atoms with Crippen LogP contribution in [0.1, 0.15) is 41.6 Å². The lowest BCUT2D eigenvalue weighted by Gasteiger charge is -2.24. The molecular weight excluding hydrogens is 318 g/mol. The highest BCUT2D eigenvalue weighted by atomic mass is 32.1. The summed E-state index contributed by atoms with van der Waals surface area (Å²) >= 11 is 2.83. The Morgan fingerprint density at radius 2 is 2.45 bits per heavy atom. The van der Waals surface area contributed by atoms with Gasteiger partial charge in [0.1, 0.15) is 4.88 Å². The van der Waals surface area contributed by atoms with Crippen LogP contribution in [0.5, 0.6) is 0 Å². The number of rotatable bonds is 6. The van der Waals surface area contributed by atoms with Crippen molar-refractivity contribution in [3.05, 3.63) is 22.1 Å². The van der Waals surface area contributed by atoms with E-state index in [9.17, 15) is 4.79 Å². The van der Waals surface area contributed by atoms with E-state index >= 15 is 0 Å². The summed E-state index contributed by atoms with van der Waals surface area (Å²) in [6, 6.07) is 0.325. The molecule has 0 aliphatic carbocycles. The normalized spacial score (nSPS) is 17.9. The monoisotopic (exact) mass is 337 g/mol. The number of aryl methyl sites for hydroxylation is 1. The van der Waals surface area contributed by atoms with Crippen molar-refractivity contribution in [1.82, 2.24) is 19.9 Å². The van der Waals surface area contributed by atoms with Gasteiger partial charge >= 0.3 is 0 Å². The lowest BCUT2D eigenvalue weighted by molar-refractivity contribution is 0.0954. The van der Waals surface area contributed by atoms with Crippen LogP contribution in [-0.4, -0.2) is 39.6 Å². The van der Waals surface area contributed by atoms with Gasteiger partial charge in [0.15, 0.2) is 5.13 Å². The number of hydrogen-bond acceptors (Lipinski definition) is 7. The van der Waals surface area contributed by atoms with E-state index in [4.69, 9.17) is 0 Å². The molecule has 22 heavy (non-hydrogen) atoms. The molecule has 3 rings (SSSR count). The fourth-order valence-corrected chi connectivity index (χ4v) is 4.10. The third-order valence-electron chi connectivity index (χ3n) is 3.79. The van der Waals surface area contributed by atoms with Gasteiger partial charge in [0.2, 0.25) is 0 Å². The van der Waals surface area contributed by atoms with Crippen molar-refractivity contribution in [2.75, 3.05) is 18.0 Å². The molecule has 0 spiro atoms. The van der Waals surface area contributed by atoms with Crippen molar-refractivity contribution >= 4 is 33.9 Å². The Hall–Kier alpha value is -1.54. The molecule has 3 heterocycles. The molecule has 1 amide bonds. The topological polar surface area (TPSA) is 71.0 Å². The molecule has 1 saturated heterocycles. The van der Waals surface area contributed by atoms with E-state index in [0.29, 0.717) is 17.5 Å². The number of nitrogens with one attached hydrogen (secondary N) is 1. The zero-order valence-corrected chi connectivity index (χ0v) is 14.1. The van der Waals surface area contributed by atoms with Gasteiger partial charge in [-0.15, -0.1) is 16.4 Å². The van der Waals surface area contributed by atoms with Gasteiger partial charge < -0.3 is 10.2 Å². The van der Waals surface area contributed by atoms with Crippen LogP contribution in [0, 0.1) is 0 Å². The summed E-state index contributed by atoms with van der Waals surface area (Å²) < 4.78 is 3.91. The molecule has 118 valence electrons. The molecule has 0 radical (unpaired) electrons. The minimum absolute atomic E-state index is 0.0514. The standard InChI is InChI=1S/C14H19N5OS2/c1-2-4-11-12(22-18-17-11)13(20)16-9-10-5-3-7-19(10)14-15-6-8-21-14/h6,8,10H,2-5,7,9H2,1H3,(H,16,20)/t10-/m1/s1. The first-order valence-corrected chi connectivity index (χ1v) is 9.20. The van der Waals surface area contributed by atoms with E-state index in [1.54, 1.807) is 11.3 Å². The molecule has 1 N–H and O–H groups in total. The van der Waals surface area contributed by atoms with Crippen LogP contribution < -0.4 is 10.2 Å². The molecule has 1 fully saturated rings. The van der Waals surface area contributed by atoms with E-state index in [1.807, 2.05) is 11.6 Å². The number of aromatic nitrogens is 3. The van der Waals surface area contributed by atoms with Crippen molar-refractivity contribution in [3.8, 4) is 0 Å². The molecule has 6 nitrogen and oxygen atoms in total. The fourth-order valence-electron chi connectivity index (χ4n) is 2.73. The second-order valence-electron chi connectivity index (χ2n) is 5.31. The number of carbonyl (C=O) groups excluding carboxylic acids is 1. The van der Waals surface area contributed by atoms with Crippen LogP contribution in [-0.2, 0) is 6.42 Å². The van der Waals surface area contributed by atoms with Crippen molar-refractivity contribution in [3.63, 3.8) is 0 Å². The van der Waals surface area contributed by atoms with Crippen LogP contribution in [0.2, 0.25) is 0 Å². The Balaban J connectivity index is 1.59. The first-order valence-electron chi connectivity index (χ1n) is 7.55. The van der Waals surface area contributed by atoms with Crippen LogP contribution in [0.4, 0.5) is 5.13 Å². The first-order chi connectivity index (χ1) is 10.8. The molecule has 0 bridgehead atoms. The molecule has 1 atom stereocenters. The summed E-state index contributed by atoms with van der Waals surface area (Å²) in [7, 11) is 0. The second-order valence-corrected chi connectivity index (χ2v) is 6.94. The molecular formula is C14H19N5OS2. The molecule has 2 aromatic heterocycles. The van der Waals surface area contributed by atoms with Crippen LogP contribution >= 0.6 is 22.9 Å². The quantitative estimate of drug-likeness (QED) is 0.876. The number of nitrogens with zero attached hydrogens (tertiary/aromatic N) is 4. The Bertz CT molecular complexity index is 613. The summed E-state index contributed by atoms with van der Waals surface area (Å²) in [4.78, 5) is 19.7. The predicted octanol–water partition coefficient (Wildman–Crippen LogP) is 2.35. The SMILES string of the molecule is CCCc1nnsc1C(=O)NC[C@H]1CCCN1c1nccs1. The average Bonchev–Trinajstić information content (AvgIpc) is 3.25. The van der Waals surface area contributed by atoms with Crippen molar-refractivity contribution in [1.29, 1.82) is 0 Å². The number of hydrogen-bond donors (Lipinski definition) is 1. The molecule has 0 unspecified atom stereocenters.